The van der Waals surface area contributed by atoms with Crippen molar-refractivity contribution in [1.82, 2.24) is 15.6 Å². The SMILES string of the molecule is Cc1ncc(CNC(=O)NCCCC2CCCC2)s1. The standard InChI is InChI=1S/C14H23N3OS/c1-11-16-9-13(19-11)10-17-14(18)15-8-4-7-12-5-2-3-6-12/h9,12H,2-8,10H2,1H3,(H2,15,17,18). The number of hydrogen-bond acceptors (Lipinski definition) is 3. The molecule has 0 saturated heterocycles. The van der Waals surface area contributed by atoms with Crippen LogP contribution in [0.2, 0.25) is 0 Å². The normalized spacial score (nSPS) is 15.6. The van der Waals surface area contributed by atoms with Gasteiger partial charge in [-0.15, -0.1) is 11.3 Å². The number of amides is 2. The first-order chi connectivity index (χ1) is 9.24. The van der Waals surface area contributed by atoms with Crippen LogP contribution in [0.25, 0.3) is 0 Å². The number of rotatable bonds is 6. The fourth-order valence-electron chi connectivity index (χ4n) is 2.61. The van der Waals surface area contributed by atoms with Crippen molar-refractivity contribution in [2.45, 2.75) is 52.0 Å². The number of aryl methyl sites for hydroxylation is 1. The van der Waals surface area contributed by atoms with Crippen LogP contribution < -0.4 is 10.6 Å². The summed E-state index contributed by atoms with van der Waals surface area (Å²) >= 11 is 1.62. The molecule has 106 valence electrons. The zero-order valence-electron chi connectivity index (χ0n) is 11.6. The Hall–Kier alpha value is -1.10. The van der Waals surface area contributed by atoms with Crippen molar-refractivity contribution in [2.24, 2.45) is 5.92 Å². The minimum absolute atomic E-state index is 0.0718. The molecule has 19 heavy (non-hydrogen) atoms. The highest BCUT2D eigenvalue weighted by Gasteiger charge is 2.14. The van der Waals surface area contributed by atoms with E-state index < -0.39 is 0 Å². The highest BCUT2D eigenvalue weighted by Crippen LogP contribution is 2.28. The lowest BCUT2D eigenvalue weighted by Gasteiger charge is -2.09. The molecule has 5 heteroatoms. The first kappa shape index (κ1) is 14.3. The number of thiazole rings is 1. The highest BCUT2D eigenvalue weighted by molar-refractivity contribution is 7.11. The highest BCUT2D eigenvalue weighted by atomic mass is 32.1. The molecule has 2 N–H and O–H groups in total. The van der Waals surface area contributed by atoms with Gasteiger partial charge in [0.25, 0.3) is 0 Å². The molecule has 2 amide bonds. The summed E-state index contributed by atoms with van der Waals surface area (Å²) in [5.41, 5.74) is 0. The van der Waals surface area contributed by atoms with Crippen molar-refractivity contribution in [2.75, 3.05) is 6.54 Å². The Morgan fingerprint density at radius 2 is 2.21 bits per heavy atom. The predicted octanol–water partition coefficient (Wildman–Crippen LogP) is 3.22. The van der Waals surface area contributed by atoms with Gasteiger partial charge < -0.3 is 10.6 Å². The maximum atomic E-state index is 11.6. The van der Waals surface area contributed by atoms with Crippen molar-refractivity contribution in [3.63, 3.8) is 0 Å². The van der Waals surface area contributed by atoms with Gasteiger partial charge in [-0.25, -0.2) is 9.78 Å². The smallest absolute Gasteiger partial charge is 0.315 e. The van der Waals surface area contributed by atoms with Gasteiger partial charge in [0.05, 0.1) is 11.6 Å². The third kappa shape index (κ3) is 5.19. The van der Waals surface area contributed by atoms with Crippen molar-refractivity contribution in [3.05, 3.63) is 16.1 Å². The molecular weight excluding hydrogens is 258 g/mol. The summed E-state index contributed by atoms with van der Waals surface area (Å²) in [5.74, 6) is 0.907. The van der Waals surface area contributed by atoms with Crippen LogP contribution in [0.15, 0.2) is 6.20 Å². The second-order valence-corrected chi connectivity index (χ2v) is 6.57. The Labute approximate surface area is 119 Å². The van der Waals surface area contributed by atoms with Crippen LogP contribution in [0.1, 0.15) is 48.4 Å². The van der Waals surface area contributed by atoms with Crippen LogP contribution in [-0.2, 0) is 6.54 Å². The first-order valence-corrected chi connectivity index (χ1v) is 7.98. The summed E-state index contributed by atoms with van der Waals surface area (Å²) in [7, 11) is 0. The minimum Gasteiger partial charge on any atom is -0.338 e. The van der Waals surface area contributed by atoms with Crippen molar-refractivity contribution >= 4 is 17.4 Å². The average molecular weight is 281 g/mol. The van der Waals surface area contributed by atoms with Crippen molar-refractivity contribution < 1.29 is 4.79 Å². The molecule has 0 aliphatic heterocycles. The van der Waals surface area contributed by atoms with Crippen LogP contribution in [0.4, 0.5) is 4.79 Å². The number of aromatic nitrogens is 1. The fourth-order valence-corrected chi connectivity index (χ4v) is 3.34. The van der Waals surface area contributed by atoms with Gasteiger partial charge in [-0.3, -0.25) is 0 Å². The lowest BCUT2D eigenvalue weighted by molar-refractivity contribution is 0.240. The van der Waals surface area contributed by atoms with E-state index in [1.54, 1.807) is 11.3 Å². The van der Waals surface area contributed by atoms with Crippen LogP contribution in [-0.4, -0.2) is 17.6 Å². The topological polar surface area (TPSA) is 54.0 Å². The van der Waals surface area contributed by atoms with Crippen LogP contribution >= 0.6 is 11.3 Å². The molecule has 1 fully saturated rings. The monoisotopic (exact) mass is 281 g/mol. The zero-order valence-corrected chi connectivity index (χ0v) is 12.4. The first-order valence-electron chi connectivity index (χ1n) is 7.17. The molecule has 0 aromatic carbocycles. The van der Waals surface area contributed by atoms with E-state index in [1.165, 1.54) is 32.1 Å². The van der Waals surface area contributed by atoms with Crippen molar-refractivity contribution in [1.29, 1.82) is 0 Å². The van der Waals surface area contributed by atoms with Gasteiger partial charge in [0, 0.05) is 17.6 Å². The quantitative estimate of drug-likeness (QED) is 0.787. The van der Waals surface area contributed by atoms with Gasteiger partial charge in [-0.1, -0.05) is 25.7 Å². The zero-order chi connectivity index (χ0) is 13.5. The lowest BCUT2D eigenvalue weighted by atomic mass is 10.0. The molecule has 1 saturated carbocycles. The van der Waals surface area contributed by atoms with Gasteiger partial charge >= 0.3 is 6.03 Å². The molecule has 1 aliphatic rings. The number of hydrogen-bond donors (Lipinski definition) is 2. The molecule has 0 bridgehead atoms. The Balaban J connectivity index is 1.52. The number of carbonyl (C=O) groups is 1. The van der Waals surface area contributed by atoms with Crippen LogP contribution in [0.3, 0.4) is 0 Å². The van der Waals surface area contributed by atoms with E-state index >= 15 is 0 Å². The van der Waals surface area contributed by atoms with Crippen LogP contribution in [0.5, 0.6) is 0 Å². The molecule has 4 nitrogen and oxygen atoms in total. The average Bonchev–Trinajstić information content (AvgIpc) is 3.03. The maximum absolute atomic E-state index is 11.6. The molecular formula is C14H23N3OS. The number of urea groups is 1. The minimum atomic E-state index is -0.0718. The Morgan fingerprint density at radius 3 is 2.89 bits per heavy atom. The summed E-state index contributed by atoms with van der Waals surface area (Å²) < 4.78 is 0. The molecule has 0 radical (unpaired) electrons. The van der Waals surface area contributed by atoms with E-state index in [9.17, 15) is 4.79 Å². The molecule has 1 heterocycles. The van der Waals surface area contributed by atoms with E-state index in [0.29, 0.717) is 6.54 Å². The molecule has 0 unspecified atom stereocenters. The van der Waals surface area contributed by atoms with E-state index in [-0.39, 0.29) is 6.03 Å². The summed E-state index contributed by atoms with van der Waals surface area (Å²) in [4.78, 5) is 16.8. The summed E-state index contributed by atoms with van der Waals surface area (Å²) in [6, 6.07) is -0.0718. The van der Waals surface area contributed by atoms with E-state index in [4.69, 9.17) is 0 Å². The third-order valence-corrected chi connectivity index (χ3v) is 4.55. The maximum Gasteiger partial charge on any atom is 0.315 e. The lowest BCUT2D eigenvalue weighted by Crippen LogP contribution is -2.35. The van der Waals surface area contributed by atoms with E-state index in [0.717, 1.165) is 28.8 Å². The van der Waals surface area contributed by atoms with E-state index in [1.807, 2.05) is 13.1 Å². The largest absolute Gasteiger partial charge is 0.338 e. The number of carbonyl (C=O) groups excluding carboxylic acids is 1. The molecule has 2 rings (SSSR count). The van der Waals surface area contributed by atoms with E-state index in [2.05, 4.69) is 15.6 Å². The van der Waals surface area contributed by atoms with Gasteiger partial charge in [-0.2, -0.15) is 0 Å². The molecule has 0 atom stereocenters. The van der Waals surface area contributed by atoms with Gasteiger partial charge in [0.2, 0.25) is 0 Å². The molecule has 1 aromatic heterocycles. The summed E-state index contributed by atoms with van der Waals surface area (Å²) in [6.07, 6.45) is 9.74. The summed E-state index contributed by atoms with van der Waals surface area (Å²) in [6.45, 7) is 3.32. The summed E-state index contributed by atoms with van der Waals surface area (Å²) in [5, 5.41) is 6.81. The third-order valence-electron chi connectivity index (χ3n) is 3.64. The van der Waals surface area contributed by atoms with Gasteiger partial charge in [-0.05, 0) is 25.7 Å². The fraction of sp³-hybridized carbons (Fsp3) is 0.714. The predicted molar refractivity (Wildman–Crippen MR) is 78.3 cm³/mol. The second kappa shape index (κ2) is 7.48. The molecule has 1 aliphatic carbocycles. The molecule has 1 aromatic rings. The Kier molecular flexibility index (Phi) is 5.63. The Morgan fingerprint density at radius 1 is 1.42 bits per heavy atom. The van der Waals surface area contributed by atoms with Crippen LogP contribution in [0, 0.1) is 12.8 Å². The number of nitrogens with zero attached hydrogens (tertiary/aromatic N) is 1. The Bertz CT molecular complexity index is 399. The second-order valence-electron chi connectivity index (χ2n) is 5.25. The number of nitrogens with one attached hydrogen (secondary N) is 2. The van der Waals surface area contributed by atoms with Crippen molar-refractivity contribution in [3.8, 4) is 0 Å². The van der Waals surface area contributed by atoms with Gasteiger partial charge in [0.1, 0.15) is 0 Å². The molecule has 0 spiro atoms. The van der Waals surface area contributed by atoms with Gasteiger partial charge in [0.15, 0.2) is 0 Å².